The lowest BCUT2D eigenvalue weighted by Gasteiger charge is -2.23. The molecule has 10 heteroatoms. The van der Waals surface area contributed by atoms with E-state index in [0.29, 0.717) is 28.1 Å². The summed E-state index contributed by atoms with van der Waals surface area (Å²) in [5.74, 6) is 0.461. The Morgan fingerprint density at radius 3 is 2.31 bits per heavy atom. The summed E-state index contributed by atoms with van der Waals surface area (Å²) in [6.45, 7) is 6.40. The van der Waals surface area contributed by atoms with Gasteiger partial charge in [-0.2, -0.15) is 0 Å². The Bertz CT molecular complexity index is 719. The predicted molar refractivity (Wildman–Crippen MR) is 107 cm³/mol. The van der Waals surface area contributed by atoms with Crippen LogP contribution in [-0.4, -0.2) is 50.9 Å². The van der Waals surface area contributed by atoms with E-state index >= 15 is 0 Å². The van der Waals surface area contributed by atoms with Crippen LogP contribution in [0.4, 0.5) is 0 Å². The molecule has 4 N–H and O–H groups in total. The number of benzene rings is 1. The standard InChI is InChI=1S/C16H26Cl2N4O3S/c1-5-19-15(21-10-16(2,3)22-26(4,24)25)20-9-14(23)11-6-12(17)8-13(18)7-11/h6-8,14,22-23H,5,9-10H2,1-4H3,(H2,19,20,21). The molecule has 0 heterocycles. The van der Waals surface area contributed by atoms with Gasteiger partial charge in [0.2, 0.25) is 10.0 Å². The van der Waals surface area contributed by atoms with E-state index in [4.69, 9.17) is 23.2 Å². The van der Waals surface area contributed by atoms with Crippen LogP contribution in [0.2, 0.25) is 10.0 Å². The molecule has 0 fully saturated rings. The van der Waals surface area contributed by atoms with E-state index in [1.54, 1.807) is 32.0 Å². The third kappa shape index (κ3) is 9.05. The summed E-state index contributed by atoms with van der Waals surface area (Å²) in [4.78, 5) is 4.37. The topological polar surface area (TPSA) is 103 Å². The van der Waals surface area contributed by atoms with Gasteiger partial charge in [0.1, 0.15) is 0 Å². The largest absolute Gasteiger partial charge is 0.387 e. The maximum atomic E-state index is 11.4. The lowest BCUT2D eigenvalue weighted by molar-refractivity contribution is 0.181. The van der Waals surface area contributed by atoms with Crippen LogP contribution in [0.25, 0.3) is 0 Å². The van der Waals surface area contributed by atoms with E-state index in [9.17, 15) is 13.5 Å². The van der Waals surface area contributed by atoms with Gasteiger partial charge in [-0.05, 0) is 44.5 Å². The smallest absolute Gasteiger partial charge is 0.209 e. The highest BCUT2D eigenvalue weighted by Gasteiger charge is 2.22. The first-order valence-corrected chi connectivity index (χ1v) is 10.7. The second-order valence-corrected chi connectivity index (χ2v) is 9.17. The summed E-state index contributed by atoms with van der Waals surface area (Å²) in [5, 5.41) is 17.3. The molecule has 1 unspecified atom stereocenters. The number of hydrogen-bond acceptors (Lipinski definition) is 4. The number of guanidine groups is 1. The van der Waals surface area contributed by atoms with Gasteiger partial charge in [0, 0.05) is 28.7 Å². The highest BCUT2D eigenvalue weighted by atomic mass is 35.5. The molecule has 7 nitrogen and oxygen atoms in total. The monoisotopic (exact) mass is 424 g/mol. The van der Waals surface area contributed by atoms with Crippen molar-refractivity contribution >= 4 is 39.2 Å². The summed E-state index contributed by atoms with van der Waals surface area (Å²) in [5.41, 5.74) is -0.153. The van der Waals surface area contributed by atoms with Crippen molar-refractivity contribution in [1.29, 1.82) is 0 Å². The maximum absolute atomic E-state index is 11.4. The SMILES string of the molecule is CCNC(=NCC(C)(C)NS(C)(=O)=O)NCC(O)c1cc(Cl)cc(Cl)c1. The van der Waals surface area contributed by atoms with Gasteiger partial charge < -0.3 is 15.7 Å². The lowest BCUT2D eigenvalue weighted by Crippen LogP contribution is -2.47. The summed E-state index contributed by atoms with van der Waals surface area (Å²) in [6, 6.07) is 4.88. The Morgan fingerprint density at radius 1 is 1.23 bits per heavy atom. The van der Waals surface area contributed by atoms with Gasteiger partial charge in [-0.15, -0.1) is 0 Å². The van der Waals surface area contributed by atoms with Crippen LogP contribution in [0.1, 0.15) is 32.4 Å². The number of hydrogen-bond donors (Lipinski definition) is 4. The fourth-order valence-corrected chi connectivity index (χ4v) is 3.84. The number of aliphatic imine (C=N–C) groups is 1. The van der Waals surface area contributed by atoms with E-state index in [1.165, 1.54) is 0 Å². The average molecular weight is 425 g/mol. The zero-order chi connectivity index (χ0) is 20.0. The van der Waals surface area contributed by atoms with Gasteiger partial charge in [0.05, 0.1) is 18.9 Å². The van der Waals surface area contributed by atoms with Crippen molar-refractivity contribution in [3.63, 3.8) is 0 Å². The molecule has 0 spiro atoms. The fraction of sp³-hybridized carbons (Fsp3) is 0.562. The van der Waals surface area contributed by atoms with Crippen molar-refractivity contribution in [2.45, 2.75) is 32.4 Å². The first kappa shape index (κ1) is 23.0. The number of nitrogens with zero attached hydrogens (tertiary/aromatic N) is 1. The van der Waals surface area contributed by atoms with Crippen molar-refractivity contribution in [3.05, 3.63) is 33.8 Å². The van der Waals surface area contributed by atoms with Gasteiger partial charge >= 0.3 is 0 Å². The molecule has 0 saturated heterocycles. The van der Waals surface area contributed by atoms with Crippen LogP contribution in [0.3, 0.4) is 0 Å². The molecule has 0 aliphatic heterocycles. The molecule has 26 heavy (non-hydrogen) atoms. The molecule has 0 amide bonds. The molecule has 0 aliphatic rings. The van der Waals surface area contributed by atoms with Crippen molar-refractivity contribution in [2.24, 2.45) is 4.99 Å². The van der Waals surface area contributed by atoms with Crippen LogP contribution in [0, 0.1) is 0 Å². The fourth-order valence-electron chi connectivity index (χ4n) is 2.23. The molecule has 1 rings (SSSR count). The van der Waals surface area contributed by atoms with Crippen molar-refractivity contribution in [3.8, 4) is 0 Å². The van der Waals surface area contributed by atoms with Crippen LogP contribution < -0.4 is 15.4 Å². The highest BCUT2D eigenvalue weighted by Crippen LogP contribution is 2.23. The van der Waals surface area contributed by atoms with Crippen LogP contribution >= 0.6 is 23.2 Å². The molecule has 1 aromatic carbocycles. The molecular weight excluding hydrogens is 399 g/mol. The third-order valence-electron chi connectivity index (χ3n) is 3.17. The molecule has 148 valence electrons. The van der Waals surface area contributed by atoms with Gasteiger partial charge in [0.25, 0.3) is 0 Å². The molecule has 1 aromatic rings. The molecular formula is C16H26Cl2N4O3S. The molecule has 1 atom stereocenters. The third-order valence-corrected chi connectivity index (χ3v) is 4.53. The van der Waals surface area contributed by atoms with E-state index in [1.807, 2.05) is 6.92 Å². The van der Waals surface area contributed by atoms with Gasteiger partial charge in [-0.3, -0.25) is 4.99 Å². The van der Waals surface area contributed by atoms with Crippen molar-refractivity contribution in [1.82, 2.24) is 15.4 Å². The second kappa shape index (κ2) is 9.75. The van der Waals surface area contributed by atoms with E-state index in [0.717, 1.165) is 6.26 Å². The number of halogens is 2. The summed E-state index contributed by atoms with van der Waals surface area (Å²) in [7, 11) is -3.34. The van der Waals surface area contributed by atoms with Crippen molar-refractivity contribution < 1.29 is 13.5 Å². The molecule has 0 radical (unpaired) electrons. The Morgan fingerprint density at radius 2 is 1.81 bits per heavy atom. The average Bonchev–Trinajstić information content (AvgIpc) is 2.46. The molecule has 0 aromatic heterocycles. The Hall–Kier alpha value is -1.06. The van der Waals surface area contributed by atoms with Gasteiger partial charge in [-0.1, -0.05) is 23.2 Å². The number of nitrogens with one attached hydrogen (secondary N) is 3. The summed E-state index contributed by atoms with van der Waals surface area (Å²) < 4.78 is 25.3. The van der Waals surface area contributed by atoms with E-state index in [-0.39, 0.29) is 13.1 Å². The lowest BCUT2D eigenvalue weighted by atomic mass is 10.1. The Balaban J connectivity index is 2.75. The quantitative estimate of drug-likeness (QED) is 0.377. The summed E-state index contributed by atoms with van der Waals surface area (Å²) >= 11 is 11.9. The minimum absolute atomic E-state index is 0.183. The molecule has 0 bridgehead atoms. The van der Waals surface area contributed by atoms with Crippen molar-refractivity contribution in [2.75, 3.05) is 25.9 Å². The van der Waals surface area contributed by atoms with Gasteiger partial charge in [-0.25, -0.2) is 13.1 Å². The van der Waals surface area contributed by atoms with Crippen LogP contribution in [0.15, 0.2) is 23.2 Å². The second-order valence-electron chi connectivity index (χ2n) is 6.55. The first-order valence-electron chi connectivity index (χ1n) is 8.07. The summed E-state index contributed by atoms with van der Waals surface area (Å²) in [6.07, 6.45) is 0.270. The minimum atomic E-state index is -3.34. The number of sulfonamides is 1. The maximum Gasteiger partial charge on any atom is 0.209 e. The van der Waals surface area contributed by atoms with Crippen LogP contribution in [-0.2, 0) is 10.0 Å². The number of aliphatic hydroxyl groups is 1. The minimum Gasteiger partial charge on any atom is -0.387 e. The van der Waals surface area contributed by atoms with Crippen LogP contribution in [0.5, 0.6) is 0 Å². The predicted octanol–water partition coefficient (Wildman–Crippen LogP) is 1.91. The zero-order valence-electron chi connectivity index (χ0n) is 15.3. The van der Waals surface area contributed by atoms with E-state index in [2.05, 4.69) is 20.3 Å². The number of aliphatic hydroxyl groups excluding tert-OH is 1. The molecule has 0 saturated carbocycles. The first-order chi connectivity index (χ1) is 11.9. The molecule has 0 aliphatic carbocycles. The zero-order valence-corrected chi connectivity index (χ0v) is 17.6. The van der Waals surface area contributed by atoms with E-state index < -0.39 is 21.7 Å². The van der Waals surface area contributed by atoms with Gasteiger partial charge in [0.15, 0.2) is 5.96 Å². The Labute approximate surface area is 165 Å². The Kier molecular flexibility index (Phi) is 8.62. The highest BCUT2D eigenvalue weighted by molar-refractivity contribution is 7.88. The number of rotatable bonds is 8. The normalized spacial score (nSPS) is 14.2.